The van der Waals surface area contributed by atoms with Gasteiger partial charge in [0.2, 0.25) is 0 Å². The molecule has 0 aliphatic heterocycles. The van der Waals surface area contributed by atoms with E-state index in [1.165, 1.54) is 12.1 Å². The standard InChI is InChI=1S/C16H22FN3O/c1-3-15(18)7-13-6-14(17)9-16(8-13)21-5-4-12-10-19-20(2)11-12/h6,8-11,15H,3-5,7,18H2,1-2H3. The van der Waals surface area contributed by atoms with Crippen LogP contribution in [0.5, 0.6) is 5.75 Å². The van der Waals surface area contributed by atoms with Gasteiger partial charge in [-0.15, -0.1) is 0 Å². The molecule has 5 heteroatoms. The number of halogens is 1. The van der Waals surface area contributed by atoms with E-state index in [9.17, 15) is 4.39 Å². The molecule has 0 bridgehead atoms. The SMILES string of the molecule is CCC(N)Cc1cc(F)cc(OCCc2cnn(C)c2)c1. The first-order chi connectivity index (χ1) is 10.1. The first kappa shape index (κ1) is 15.5. The van der Waals surface area contributed by atoms with Crippen LogP contribution in [0.1, 0.15) is 24.5 Å². The Bertz CT molecular complexity index is 583. The number of rotatable bonds is 7. The van der Waals surface area contributed by atoms with Crippen LogP contribution >= 0.6 is 0 Å². The highest BCUT2D eigenvalue weighted by Gasteiger charge is 2.06. The van der Waals surface area contributed by atoms with Gasteiger partial charge in [0.15, 0.2) is 0 Å². The molecule has 0 saturated heterocycles. The van der Waals surface area contributed by atoms with E-state index >= 15 is 0 Å². The maximum Gasteiger partial charge on any atom is 0.127 e. The molecule has 0 spiro atoms. The molecule has 21 heavy (non-hydrogen) atoms. The number of ether oxygens (including phenoxy) is 1. The molecule has 2 N–H and O–H groups in total. The molecule has 1 aromatic carbocycles. The first-order valence-corrected chi connectivity index (χ1v) is 7.22. The van der Waals surface area contributed by atoms with Crippen molar-refractivity contribution in [3.05, 3.63) is 47.5 Å². The van der Waals surface area contributed by atoms with Gasteiger partial charge in [-0.25, -0.2) is 4.39 Å². The van der Waals surface area contributed by atoms with Crippen molar-refractivity contribution < 1.29 is 9.13 Å². The Labute approximate surface area is 124 Å². The van der Waals surface area contributed by atoms with Gasteiger partial charge in [-0.05, 0) is 36.1 Å². The third-order valence-electron chi connectivity index (χ3n) is 3.37. The van der Waals surface area contributed by atoms with Gasteiger partial charge in [0.25, 0.3) is 0 Å². The topological polar surface area (TPSA) is 53.1 Å². The van der Waals surface area contributed by atoms with Crippen LogP contribution in [-0.2, 0) is 19.9 Å². The van der Waals surface area contributed by atoms with Crippen LogP contribution < -0.4 is 10.5 Å². The van der Waals surface area contributed by atoms with Gasteiger partial charge in [0, 0.05) is 31.8 Å². The van der Waals surface area contributed by atoms with Crippen molar-refractivity contribution in [2.45, 2.75) is 32.2 Å². The van der Waals surface area contributed by atoms with E-state index in [4.69, 9.17) is 10.5 Å². The van der Waals surface area contributed by atoms with Gasteiger partial charge in [-0.1, -0.05) is 6.92 Å². The van der Waals surface area contributed by atoms with E-state index in [0.717, 1.165) is 24.0 Å². The lowest BCUT2D eigenvalue weighted by Crippen LogP contribution is -2.21. The monoisotopic (exact) mass is 291 g/mol. The Morgan fingerprint density at radius 2 is 2.14 bits per heavy atom. The highest BCUT2D eigenvalue weighted by atomic mass is 19.1. The molecule has 2 aromatic rings. The molecular weight excluding hydrogens is 269 g/mol. The molecule has 1 heterocycles. The summed E-state index contributed by atoms with van der Waals surface area (Å²) in [6.07, 6.45) is 6.02. The Hall–Kier alpha value is -1.88. The molecule has 1 atom stereocenters. The van der Waals surface area contributed by atoms with Crippen molar-refractivity contribution in [3.8, 4) is 5.75 Å². The third kappa shape index (κ3) is 4.86. The second-order valence-corrected chi connectivity index (χ2v) is 5.29. The molecule has 0 fully saturated rings. The van der Waals surface area contributed by atoms with Crippen LogP contribution in [-0.4, -0.2) is 22.4 Å². The van der Waals surface area contributed by atoms with E-state index in [2.05, 4.69) is 5.10 Å². The van der Waals surface area contributed by atoms with E-state index in [0.29, 0.717) is 18.8 Å². The Morgan fingerprint density at radius 1 is 1.33 bits per heavy atom. The number of aryl methyl sites for hydroxylation is 1. The van der Waals surface area contributed by atoms with Crippen LogP contribution in [0.25, 0.3) is 0 Å². The van der Waals surface area contributed by atoms with Gasteiger partial charge >= 0.3 is 0 Å². The van der Waals surface area contributed by atoms with Crippen molar-refractivity contribution in [1.29, 1.82) is 0 Å². The fourth-order valence-electron chi connectivity index (χ4n) is 2.16. The Balaban J connectivity index is 1.93. The number of hydrogen-bond donors (Lipinski definition) is 1. The van der Waals surface area contributed by atoms with Crippen LogP contribution in [0.3, 0.4) is 0 Å². The predicted molar refractivity (Wildman–Crippen MR) is 80.8 cm³/mol. The van der Waals surface area contributed by atoms with Gasteiger partial charge < -0.3 is 10.5 Å². The van der Waals surface area contributed by atoms with E-state index in [1.54, 1.807) is 10.9 Å². The smallest absolute Gasteiger partial charge is 0.127 e. The average molecular weight is 291 g/mol. The number of nitrogens with two attached hydrogens (primary N) is 1. The van der Waals surface area contributed by atoms with Crippen molar-refractivity contribution in [2.24, 2.45) is 12.8 Å². The lowest BCUT2D eigenvalue weighted by atomic mass is 10.0. The minimum absolute atomic E-state index is 0.0510. The quantitative estimate of drug-likeness (QED) is 0.852. The summed E-state index contributed by atoms with van der Waals surface area (Å²) in [5.41, 5.74) is 7.89. The number of aromatic nitrogens is 2. The summed E-state index contributed by atoms with van der Waals surface area (Å²) in [4.78, 5) is 0. The third-order valence-corrected chi connectivity index (χ3v) is 3.37. The van der Waals surface area contributed by atoms with E-state index in [-0.39, 0.29) is 11.9 Å². The van der Waals surface area contributed by atoms with Crippen LogP contribution in [0.4, 0.5) is 4.39 Å². The van der Waals surface area contributed by atoms with Crippen molar-refractivity contribution in [1.82, 2.24) is 9.78 Å². The summed E-state index contributed by atoms with van der Waals surface area (Å²) in [6, 6.07) is 4.84. The average Bonchev–Trinajstić information content (AvgIpc) is 2.83. The second kappa shape index (κ2) is 7.22. The largest absolute Gasteiger partial charge is 0.493 e. The van der Waals surface area contributed by atoms with Crippen LogP contribution in [0, 0.1) is 5.82 Å². The minimum Gasteiger partial charge on any atom is -0.493 e. The maximum atomic E-state index is 13.6. The predicted octanol–water partition coefficient (Wildman–Crippen LogP) is 2.46. The normalized spacial score (nSPS) is 12.4. The van der Waals surface area contributed by atoms with Gasteiger partial charge in [-0.2, -0.15) is 5.10 Å². The summed E-state index contributed by atoms with van der Waals surface area (Å²) < 4.78 is 21.0. The highest BCUT2D eigenvalue weighted by molar-refractivity contribution is 5.30. The molecule has 1 aromatic heterocycles. The number of nitrogens with zero attached hydrogens (tertiary/aromatic N) is 2. The van der Waals surface area contributed by atoms with Crippen molar-refractivity contribution in [3.63, 3.8) is 0 Å². The molecule has 1 unspecified atom stereocenters. The maximum absolute atomic E-state index is 13.6. The molecule has 0 amide bonds. The highest BCUT2D eigenvalue weighted by Crippen LogP contribution is 2.18. The molecule has 0 aliphatic carbocycles. The zero-order valence-corrected chi connectivity index (χ0v) is 12.6. The van der Waals surface area contributed by atoms with E-state index < -0.39 is 0 Å². The lowest BCUT2D eigenvalue weighted by molar-refractivity contribution is 0.319. The summed E-state index contributed by atoms with van der Waals surface area (Å²) in [5.74, 6) is 0.268. The van der Waals surface area contributed by atoms with Crippen molar-refractivity contribution >= 4 is 0 Å². The summed E-state index contributed by atoms with van der Waals surface area (Å²) in [6.45, 7) is 2.52. The van der Waals surface area contributed by atoms with Gasteiger partial charge in [-0.3, -0.25) is 4.68 Å². The molecule has 2 rings (SSSR count). The molecular formula is C16H22FN3O. The van der Waals surface area contributed by atoms with Gasteiger partial charge in [0.05, 0.1) is 12.8 Å². The molecule has 4 nitrogen and oxygen atoms in total. The Morgan fingerprint density at radius 3 is 2.81 bits per heavy atom. The summed E-state index contributed by atoms with van der Waals surface area (Å²) >= 11 is 0. The molecule has 0 radical (unpaired) electrons. The first-order valence-electron chi connectivity index (χ1n) is 7.22. The second-order valence-electron chi connectivity index (χ2n) is 5.29. The fourth-order valence-corrected chi connectivity index (χ4v) is 2.16. The van der Waals surface area contributed by atoms with Crippen LogP contribution in [0.15, 0.2) is 30.6 Å². The minimum atomic E-state index is -0.285. The summed E-state index contributed by atoms with van der Waals surface area (Å²) in [5, 5.41) is 4.10. The Kier molecular flexibility index (Phi) is 5.33. The number of benzene rings is 1. The zero-order chi connectivity index (χ0) is 15.2. The molecule has 0 saturated carbocycles. The fraction of sp³-hybridized carbons (Fsp3) is 0.438. The number of hydrogen-bond acceptors (Lipinski definition) is 3. The van der Waals surface area contributed by atoms with E-state index in [1.807, 2.05) is 26.2 Å². The molecule has 114 valence electrons. The lowest BCUT2D eigenvalue weighted by Gasteiger charge is -2.11. The zero-order valence-electron chi connectivity index (χ0n) is 12.6. The molecule has 0 aliphatic rings. The van der Waals surface area contributed by atoms with Crippen LogP contribution in [0.2, 0.25) is 0 Å². The van der Waals surface area contributed by atoms with Crippen molar-refractivity contribution in [2.75, 3.05) is 6.61 Å². The van der Waals surface area contributed by atoms with Gasteiger partial charge in [0.1, 0.15) is 11.6 Å². The summed E-state index contributed by atoms with van der Waals surface area (Å²) in [7, 11) is 1.88.